The molecule has 104 valence electrons. The quantitative estimate of drug-likeness (QED) is 0.410. The summed E-state index contributed by atoms with van der Waals surface area (Å²) in [6.45, 7) is 11.7. The van der Waals surface area contributed by atoms with Gasteiger partial charge in [0.15, 0.2) is 0 Å². The average molecular weight is 258 g/mol. The van der Waals surface area contributed by atoms with Gasteiger partial charge in [0, 0.05) is 18.3 Å². The molecule has 1 N–H and O–H groups in total. The van der Waals surface area contributed by atoms with E-state index in [1.807, 2.05) is 0 Å². The van der Waals surface area contributed by atoms with Gasteiger partial charge in [0.05, 0.1) is 6.61 Å². The molecule has 0 heterocycles. The predicted molar refractivity (Wildman–Crippen MR) is 69.3 cm³/mol. The highest BCUT2D eigenvalue weighted by Gasteiger charge is 2.01. The van der Waals surface area contributed by atoms with Gasteiger partial charge in [-0.25, -0.2) is 9.59 Å². The van der Waals surface area contributed by atoms with Crippen LogP contribution in [-0.2, 0) is 19.1 Å². The van der Waals surface area contributed by atoms with Crippen LogP contribution in [0.4, 0.5) is 0 Å². The Bertz CT molecular complexity index is 271. The Morgan fingerprint density at radius 1 is 1.28 bits per heavy atom. The highest BCUT2D eigenvalue weighted by Crippen LogP contribution is 1.92. The minimum atomic E-state index is -0.981. The zero-order valence-electron chi connectivity index (χ0n) is 11.1. The van der Waals surface area contributed by atoms with E-state index in [2.05, 4.69) is 20.1 Å². The molecule has 0 aromatic carbocycles. The fourth-order valence-corrected chi connectivity index (χ4v) is 0.665. The van der Waals surface area contributed by atoms with Gasteiger partial charge in [-0.2, -0.15) is 0 Å². The maximum atomic E-state index is 10.9. The molecule has 0 aliphatic heterocycles. The molecule has 0 amide bonds. The minimum Gasteiger partial charge on any atom is -0.478 e. The first-order chi connectivity index (χ1) is 8.45. The normalized spacial score (nSPS) is 8.78. The summed E-state index contributed by atoms with van der Waals surface area (Å²) in [7, 11) is 0. The molecule has 0 atom stereocenters. The maximum absolute atomic E-state index is 10.9. The number of hydrogen-bond donors (Lipinski definition) is 1. The van der Waals surface area contributed by atoms with Crippen molar-refractivity contribution in [1.82, 2.24) is 0 Å². The van der Waals surface area contributed by atoms with Crippen LogP contribution in [0.2, 0.25) is 0 Å². The van der Waals surface area contributed by atoms with E-state index < -0.39 is 5.97 Å². The van der Waals surface area contributed by atoms with Crippen molar-refractivity contribution in [2.24, 2.45) is 0 Å². The number of ether oxygens (including phenoxy) is 2. The van der Waals surface area contributed by atoms with Crippen LogP contribution >= 0.6 is 0 Å². The van der Waals surface area contributed by atoms with E-state index >= 15 is 0 Å². The van der Waals surface area contributed by atoms with E-state index in [-0.39, 0.29) is 5.97 Å². The molecule has 0 saturated carbocycles. The van der Waals surface area contributed by atoms with Gasteiger partial charge in [0.25, 0.3) is 0 Å². The highest BCUT2D eigenvalue weighted by atomic mass is 16.6. The number of carboxylic acid groups (broad SMARTS) is 1. The standard InChI is InChI=1S/C10H18O3.C3H4O2/c1-4-5-6-12-7-8-13-10(11)9(2)3;1-2-3(4)5/h2,4-8H2,1,3H3;2H,1H2,(H,4,5). The van der Waals surface area contributed by atoms with Crippen molar-refractivity contribution in [2.75, 3.05) is 19.8 Å². The Morgan fingerprint density at radius 2 is 1.83 bits per heavy atom. The molecule has 0 saturated heterocycles. The molecular weight excluding hydrogens is 236 g/mol. The Labute approximate surface area is 108 Å². The summed E-state index contributed by atoms with van der Waals surface area (Å²) in [4.78, 5) is 20.1. The SMILES string of the molecule is C=C(C)C(=O)OCCOCCCC.C=CC(=O)O. The molecule has 18 heavy (non-hydrogen) atoms. The van der Waals surface area contributed by atoms with Gasteiger partial charge in [-0.1, -0.05) is 26.5 Å². The largest absolute Gasteiger partial charge is 0.478 e. The molecule has 0 aromatic rings. The Kier molecular flexibility index (Phi) is 14.0. The Hall–Kier alpha value is -1.62. The van der Waals surface area contributed by atoms with Gasteiger partial charge < -0.3 is 14.6 Å². The lowest BCUT2D eigenvalue weighted by molar-refractivity contribution is -0.140. The second-order valence-corrected chi connectivity index (χ2v) is 3.42. The molecule has 0 aliphatic carbocycles. The molecule has 0 unspecified atom stereocenters. The van der Waals surface area contributed by atoms with Crippen molar-refractivity contribution >= 4 is 11.9 Å². The van der Waals surface area contributed by atoms with Crippen molar-refractivity contribution < 1.29 is 24.2 Å². The molecule has 5 heteroatoms. The van der Waals surface area contributed by atoms with Gasteiger partial charge in [-0.15, -0.1) is 0 Å². The molecule has 0 bridgehead atoms. The van der Waals surface area contributed by atoms with E-state index in [1.54, 1.807) is 6.92 Å². The molecule has 0 rings (SSSR count). The molecule has 0 spiro atoms. The van der Waals surface area contributed by atoms with Gasteiger partial charge >= 0.3 is 11.9 Å². The van der Waals surface area contributed by atoms with Crippen LogP contribution in [0.1, 0.15) is 26.7 Å². The van der Waals surface area contributed by atoms with E-state index in [9.17, 15) is 9.59 Å². The monoisotopic (exact) mass is 258 g/mol. The molecule has 0 radical (unpaired) electrons. The summed E-state index contributed by atoms with van der Waals surface area (Å²) in [5.74, 6) is -1.33. The first kappa shape index (κ1) is 18.7. The predicted octanol–water partition coefficient (Wildman–Crippen LogP) is 2.18. The second kappa shape index (κ2) is 13.4. The van der Waals surface area contributed by atoms with E-state index in [4.69, 9.17) is 14.6 Å². The molecule has 5 nitrogen and oxygen atoms in total. The third kappa shape index (κ3) is 16.8. The number of rotatable bonds is 8. The van der Waals surface area contributed by atoms with Gasteiger partial charge in [0.2, 0.25) is 0 Å². The molecular formula is C13H22O5. The topological polar surface area (TPSA) is 72.8 Å². The van der Waals surface area contributed by atoms with Crippen molar-refractivity contribution in [3.63, 3.8) is 0 Å². The molecule has 0 aromatic heterocycles. The van der Waals surface area contributed by atoms with Crippen LogP contribution in [0.5, 0.6) is 0 Å². The van der Waals surface area contributed by atoms with Gasteiger partial charge in [-0.3, -0.25) is 0 Å². The van der Waals surface area contributed by atoms with Crippen molar-refractivity contribution in [3.8, 4) is 0 Å². The second-order valence-electron chi connectivity index (χ2n) is 3.42. The first-order valence-electron chi connectivity index (χ1n) is 5.71. The Balaban J connectivity index is 0. The summed E-state index contributed by atoms with van der Waals surface area (Å²) < 4.78 is 10.0. The Morgan fingerprint density at radius 3 is 2.22 bits per heavy atom. The van der Waals surface area contributed by atoms with Crippen LogP contribution in [0.15, 0.2) is 24.8 Å². The molecule has 0 fully saturated rings. The van der Waals surface area contributed by atoms with Crippen molar-refractivity contribution in [2.45, 2.75) is 26.7 Å². The van der Waals surface area contributed by atoms with Crippen LogP contribution in [0.25, 0.3) is 0 Å². The third-order valence-electron chi connectivity index (χ3n) is 1.63. The number of carboxylic acids is 1. The fourth-order valence-electron chi connectivity index (χ4n) is 0.665. The van der Waals surface area contributed by atoms with Gasteiger partial charge in [-0.05, 0) is 13.3 Å². The smallest absolute Gasteiger partial charge is 0.333 e. The number of esters is 1. The number of hydrogen-bond acceptors (Lipinski definition) is 4. The zero-order valence-corrected chi connectivity index (χ0v) is 11.1. The minimum absolute atomic E-state index is 0.315. The van der Waals surface area contributed by atoms with Crippen LogP contribution in [-0.4, -0.2) is 36.9 Å². The summed E-state index contributed by atoms with van der Waals surface area (Å²) in [5.41, 5.74) is 0.425. The summed E-state index contributed by atoms with van der Waals surface area (Å²) in [5, 5.41) is 7.60. The highest BCUT2D eigenvalue weighted by molar-refractivity contribution is 5.86. The summed E-state index contributed by atoms with van der Waals surface area (Å²) in [6, 6.07) is 0. The van der Waals surface area contributed by atoms with E-state index in [1.165, 1.54) is 0 Å². The fraction of sp³-hybridized carbons (Fsp3) is 0.538. The average Bonchev–Trinajstić information content (AvgIpc) is 2.33. The van der Waals surface area contributed by atoms with E-state index in [0.29, 0.717) is 18.8 Å². The van der Waals surface area contributed by atoms with Crippen molar-refractivity contribution in [1.29, 1.82) is 0 Å². The third-order valence-corrected chi connectivity index (χ3v) is 1.63. The lowest BCUT2D eigenvalue weighted by Crippen LogP contribution is -2.11. The summed E-state index contributed by atoms with van der Waals surface area (Å²) >= 11 is 0. The lowest BCUT2D eigenvalue weighted by Gasteiger charge is -2.04. The number of unbranched alkanes of at least 4 members (excludes halogenated alkanes) is 1. The first-order valence-corrected chi connectivity index (χ1v) is 5.71. The van der Waals surface area contributed by atoms with Crippen molar-refractivity contribution in [3.05, 3.63) is 24.8 Å². The van der Waals surface area contributed by atoms with Gasteiger partial charge in [0.1, 0.15) is 6.61 Å². The van der Waals surface area contributed by atoms with Crippen LogP contribution in [0.3, 0.4) is 0 Å². The lowest BCUT2D eigenvalue weighted by atomic mass is 10.4. The summed E-state index contributed by atoms with van der Waals surface area (Å²) in [6.07, 6.45) is 3.00. The van der Waals surface area contributed by atoms with Crippen LogP contribution in [0, 0.1) is 0 Å². The number of carbonyl (C=O) groups is 2. The zero-order chi connectivity index (χ0) is 14.4. The maximum Gasteiger partial charge on any atom is 0.333 e. The number of aliphatic carboxylic acids is 1. The molecule has 0 aliphatic rings. The van der Waals surface area contributed by atoms with Crippen LogP contribution < -0.4 is 0 Å². The number of carbonyl (C=O) groups excluding carboxylic acids is 1. The van der Waals surface area contributed by atoms with E-state index in [0.717, 1.165) is 25.5 Å².